The van der Waals surface area contributed by atoms with Crippen LogP contribution in [-0.2, 0) is 11.2 Å². The van der Waals surface area contributed by atoms with Crippen LogP contribution in [0.3, 0.4) is 0 Å². The molecule has 7 heteroatoms. The highest BCUT2D eigenvalue weighted by Crippen LogP contribution is 2.20. The Kier molecular flexibility index (Phi) is 6.61. The maximum Gasteiger partial charge on any atom is 0.257 e. The number of nitrogens with one attached hydrogen (secondary N) is 2. The molecule has 29 heavy (non-hydrogen) atoms. The molecule has 1 aromatic heterocycles. The molecule has 0 unspecified atom stereocenters. The number of benzene rings is 2. The molecule has 0 aliphatic carbocycles. The molecule has 3 rings (SSSR count). The molecule has 0 aliphatic heterocycles. The van der Waals surface area contributed by atoms with Crippen LogP contribution < -0.4 is 15.4 Å². The van der Waals surface area contributed by atoms with Gasteiger partial charge in [-0.3, -0.25) is 14.9 Å². The van der Waals surface area contributed by atoms with Crippen LogP contribution in [0.25, 0.3) is 0 Å². The van der Waals surface area contributed by atoms with Crippen LogP contribution >= 0.6 is 11.3 Å². The van der Waals surface area contributed by atoms with E-state index in [2.05, 4.69) is 29.5 Å². The van der Waals surface area contributed by atoms with Gasteiger partial charge in [0.25, 0.3) is 5.91 Å². The van der Waals surface area contributed by atoms with Gasteiger partial charge in [0.15, 0.2) is 5.13 Å². The Balaban J connectivity index is 1.55. The lowest BCUT2D eigenvalue weighted by Gasteiger charge is -2.08. The zero-order valence-electron chi connectivity index (χ0n) is 16.6. The van der Waals surface area contributed by atoms with Gasteiger partial charge in [0.05, 0.1) is 19.2 Å². The van der Waals surface area contributed by atoms with Crippen LogP contribution in [0.5, 0.6) is 5.75 Å². The number of carbonyl (C=O) groups is 2. The highest BCUT2D eigenvalue weighted by molar-refractivity contribution is 7.14. The zero-order valence-corrected chi connectivity index (χ0v) is 17.4. The Bertz CT molecular complexity index is 979. The minimum absolute atomic E-state index is 0.140. The standard InChI is InChI=1S/C22H23N3O3S/c1-14(2)15-4-8-17(9-5-15)23-20(26)12-18-13-29-22(24-18)25-21(27)16-6-10-19(28-3)11-7-16/h4-11,13-14H,12H2,1-3H3,(H,23,26)(H,24,25,27). The summed E-state index contributed by atoms with van der Waals surface area (Å²) in [6.07, 6.45) is 0.140. The number of ether oxygens (including phenoxy) is 1. The summed E-state index contributed by atoms with van der Waals surface area (Å²) < 4.78 is 5.09. The average Bonchev–Trinajstić information content (AvgIpc) is 3.14. The summed E-state index contributed by atoms with van der Waals surface area (Å²) in [4.78, 5) is 28.9. The molecule has 3 aromatic rings. The fraction of sp³-hybridized carbons (Fsp3) is 0.227. The van der Waals surface area contributed by atoms with E-state index in [-0.39, 0.29) is 18.2 Å². The van der Waals surface area contributed by atoms with Crippen molar-refractivity contribution >= 4 is 34.0 Å². The van der Waals surface area contributed by atoms with Crippen LogP contribution in [-0.4, -0.2) is 23.9 Å². The van der Waals surface area contributed by atoms with E-state index in [9.17, 15) is 9.59 Å². The predicted octanol–water partition coefficient (Wildman–Crippen LogP) is 4.71. The van der Waals surface area contributed by atoms with Gasteiger partial charge < -0.3 is 10.1 Å². The Morgan fingerprint density at radius 3 is 2.34 bits per heavy atom. The van der Waals surface area contributed by atoms with Crippen LogP contribution in [0.2, 0.25) is 0 Å². The van der Waals surface area contributed by atoms with E-state index in [1.165, 1.54) is 16.9 Å². The molecule has 0 spiro atoms. The molecule has 150 valence electrons. The number of nitrogens with zero attached hydrogens (tertiary/aromatic N) is 1. The van der Waals surface area contributed by atoms with Crippen molar-refractivity contribution in [3.8, 4) is 5.75 Å². The number of amides is 2. The molecule has 2 amide bonds. The first-order valence-electron chi connectivity index (χ1n) is 9.24. The lowest BCUT2D eigenvalue weighted by Crippen LogP contribution is -2.15. The van der Waals surface area contributed by atoms with Crippen LogP contribution in [0.4, 0.5) is 10.8 Å². The van der Waals surface area contributed by atoms with E-state index in [0.29, 0.717) is 28.1 Å². The number of hydrogen-bond acceptors (Lipinski definition) is 5. The van der Waals surface area contributed by atoms with Gasteiger partial charge >= 0.3 is 0 Å². The second-order valence-corrected chi connectivity index (χ2v) is 7.69. The van der Waals surface area contributed by atoms with Crippen LogP contribution in [0, 0.1) is 0 Å². The van der Waals surface area contributed by atoms with Crippen LogP contribution in [0.15, 0.2) is 53.9 Å². The molecule has 0 saturated carbocycles. The van der Waals surface area contributed by atoms with Gasteiger partial charge in [-0.2, -0.15) is 0 Å². The molecule has 2 aromatic carbocycles. The Hall–Kier alpha value is -3.19. The third-order valence-corrected chi connectivity index (χ3v) is 5.13. The molecule has 0 fully saturated rings. The van der Waals surface area contributed by atoms with Crippen molar-refractivity contribution in [3.05, 3.63) is 70.7 Å². The van der Waals surface area contributed by atoms with Gasteiger partial charge in [-0.15, -0.1) is 11.3 Å². The Labute approximate surface area is 173 Å². The molecular formula is C22H23N3O3S. The molecule has 0 bridgehead atoms. The summed E-state index contributed by atoms with van der Waals surface area (Å²) in [6.45, 7) is 4.25. The van der Waals surface area contributed by atoms with Crippen molar-refractivity contribution < 1.29 is 14.3 Å². The van der Waals surface area contributed by atoms with Crippen molar-refractivity contribution in [2.45, 2.75) is 26.2 Å². The van der Waals surface area contributed by atoms with Gasteiger partial charge in [0, 0.05) is 16.6 Å². The molecule has 6 nitrogen and oxygen atoms in total. The SMILES string of the molecule is COc1ccc(C(=O)Nc2nc(CC(=O)Nc3ccc(C(C)C)cc3)cs2)cc1. The van der Waals surface area contributed by atoms with E-state index >= 15 is 0 Å². The maximum atomic E-state index is 12.3. The zero-order chi connectivity index (χ0) is 20.8. The number of carbonyl (C=O) groups excluding carboxylic acids is 2. The monoisotopic (exact) mass is 409 g/mol. The number of methoxy groups -OCH3 is 1. The fourth-order valence-corrected chi connectivity index (χ4v) is 3.38. The molecule has 0 aliphatic rings. The van der Waals surface area contributed by atoms with Crippen molar-refractivity contribution in [3.63, 3.8) is 0 Å². The van der Waals surface area contributed by atoms with Crippen molar-refractivity contribution in [1.82, 2.24) is 4.98 Å². The van der Waals surface area contributed by atoms with Crippen molar-refractivity contribution in [2.75, 3.05) is 17.7 Å². The van der Waals surface area contributed by atoms with Gasteiger partial charge in [-0.25, -0.2) is 4.98 Å². The average molecular weight is 410 g/mol. The van der Waals surface area contributed by atoms with Gasteiger partial charge in [-0.05, 0) is 47.9 Å². The summed E-state index contributed by atoms with van der Waals surface area (Å²) in [7, 11) is 1.57. The fourth-order valence-electron chi connectivity index (χ4n) is 2.68. The first-order chi connectivity index (χ1) is 13.9. The minimum atomic E-state index is -0.261. The second kappa shape index (κ2) is 9.34. The van der Waals surface area contributed by atoms with Gasteiger partial charge in [-0.1, -0.05) is 26.0 Å². The smallest absolute Gasteiger partial charge is 0.257 e. The second-order valence-electron chi connectivity index (χ2n) is 6.83. The summed E-state index contributed by atoms with van der Waals surface area (Å²) in [5.41, 5.74) is 3.09. The third kappa shape index (κ3) is 5.65. The lowest BCUT2D eigenvalue weighted by atomic mass is 10.0. The summed E-state index contributed by atoms with van der Waals surface area (Å²) >= 11 is 1.29. The molecule has 0 atom stereocenters. The number of thiazole rings is 1. The van der Waals surface area contributed by atoms with Crippen molar-refractivity contribution in [1.29, 1.82) is 0 Å². The number of hydrogen-bond donors (Lipinski definition) is 2. The molecule has 1 heterocycles. The highest BCUT2D eigenvalue weighted by atomic mass is 32.1. The quantitative estimate of drug-likeness (QED) is 0.592. The largest absolute Gasteiger partial charge is 0.497 e. The number of anilines is 2. The number of rotatable bonds is 7. The lowest BCUT2D eigenvalue weighted by molar-refractivity contribution is -0.115. The maximum absolute atomic E-state index is 12.3. The Morgan fingerprint density at radius 1 is 1.03 bits per heavy atom. The van der Waals surface area contributed by atoms with E-state index in [1.54, 1.807) is 36.8 Å². The summed E-state index contributed by atoms with van der Waals surface area (Å²) in [5, 5.41) is 7.84. The van der Waals surface area contributed by atoms with Gasteiger partial charge in [0.2, 0.25) is 5.91 Å². The molecule has 2 N–H and O–H groups in total. The first kappa shape index (κ1) is 20.5. The van der Waals surface area contributed by atoms with E-state index in [0.717, 1.165) is 5.69 Å². The van der Waals surface area contributed by atoms with E-state index < -0.39 is 0 Å². The Morgan fingerprint density at radius 2 is 1.72 bits per heavy atom. The molecular weight excluding hydrogens is 386 g/mol. The molecule has 0 radical (unpaired) electrons. The van der Waals surface area contributed by atoms with E-state index in [1.807, 2.05) is 24.3 Å². The van der Waals surface area contributed by atoms with Crippen molar-refractivity contribution in [2.24, 2.45) is 0 Å². The topological polar surface area (TPSA) is 80.3 Å². The third-order valence-electron chi connectivity index (χ3n) is 4.33. The molecule has 0 saturated heterocycles. The van der Waals surface area contributed by atoms with Gasteiger partial charge in [0.1, 0.15) is 5.75 Å². The summed E-state index contributed by atoms with van der Waals surface area (Å²) in [5.74, 6) is 0.716. The predicted molar refractivity (Wildman–Crippen MR) is 116 cm³/mol. The van der Waals surface area contributed by atoms with Crippen LogP contribution in [0.1, 0.15) is 41.4 Å². The van der Waals surface area contributed by atoms with E-state index in [4.69, 9.17) is 4.74 Å². The summed E-state index contributed by atoms with van der Waals surface area (Å²) in [6, 6.07) is 14.6. The first-order valence-corrected chi connectivity index (χ1v) is 10.1. The minimum Gasteiger partial charge on any atom is -0.497 e. The number of aromatic nitrogens is 1. The normalized spacial score (nSPS) is 10.6. The highest BCUT2D eigenvalue weighted by Gasteiger charge is 2.12.